The Morgan fingerprint density at radius 2 is 1.84 bits per heavy atom. The van der Waals surface area contributed by atoms with E-state index in [4.69, 9.17) is 0 Å². The van der Waals surface area contributed by atoms with Crippen LogP contribution >= 0.6 is 0 Å². The van der Waals surface area contributed by atoms with E-state index in [1.54, 1.807) is 0 Å². The van der Waals surface area contributed by atoms with Crippen molar-refractivity contribution in [1.82, 2.24) is 9.97 Å². The van der Waals surface area contributed by atoms with Crippen molar-refractivity contribution in [2.45, 2.75) is 0 Å². The molecule has 19 heavy (non-hydrogen) atoms. The molecular formula is C14H9N3O2. The SMILES string of the molecule is O=C1C=C(Nc2ccccc2)C(=O)c2ncncc21. The van der Waals surface area contributed by atoms with Crippen molar-refractivity contribution in [3.63, 3.8) is 0 Å². The molecule has 1 aromatic carbocycles. The summed E-state index contributed by atoms with van der Waals surface area (Å²) < 4.78 is 0. The second kappa shape index (κ2) is 4.45. The van der Waals surface area contributed by atoms with Gasteiger partial charge in [0.15, 0.2) is 5.78 Å². The Labute approximate surface area is 109 Å². The number of fused-ring (bicyclic) bond motifs is 1. The lowest BCUT2D eigenvalue weighted by Crippen LogP contribution is -2.23. The number of carbonyl (C=O) groups excluding carboxylic acids is 2. The molecule has 3 rings (SSSR count). The number of benzene rings is 1. The number of para-hydroxylation sites is 1. The number of anilines is 1. The van der Waals surface area contributed by atoms with Crippen molar-refractivity contribution in [2.75, 3.05) is 5.32 Å². The molecule has 1 aliphatic rings. The summed E-state index contributed by atoms with van der Waals surface area (Å²) in [6.07, 6.45) is 3.90. The number of allylic oxidation sites excluding steroid dienone is 2. The molecule has 0 aliphatic heterocycles. The summed E-state index contributed by atoms with van der Waals surface area (Å²) in [5.74, 6) is -0.575. The first-order chi connectivity index (χ1) is 9.25. The molecule has 1 aliphatic carbocycles. The van der Waals surface area contributed by atoms with Crippen LogP contribution in [-0.2, 0) is 0 Å². The fourth-order valence-electron chi connectivity index (χ4n) is 1.86. The van der Waals surface area contributed by atoms with E-state index in [0.29, 0.717) is 0 Å². The van der Waals surface area contributed by atoms with Crippen molar-refractivity contribution in [3.05, 3.63) is 65.9 Å². The Morgan fingerprint density at radius 3 is 2.63 bits per heavy atom. The van der Waals surface area contributed by atoms with Gasteiger partial charge in [-0.15, -0.1) is 0 Å². The number of ketones is 2. The summed E-state index contributed by atoms with van der Waals surface area (Å²) in [5.41, 5.74) is 1.35. The second-order valence-electron chi connectivity index (χ2n) is 4.03. The number of rotatable bonds is 2. The Balaban J connectivity index is 1.97. The largest absolute Gasteiger partial charge is 0.352 e. The Hall–Kier alpha value is -2.82. The van der Waals surface area contributed by atoms with Crippen LogP contribution in [-0.4, -0.2) is 21.5 Å². The molecule has 92 valence electrons. The molecule has 5 heteroatoms. The standard InChI is InChI=1S/C14H9N3O2/c18-12-6-11(17-9-4-2-1-3-5-9)14(19)13-10(12)7-15-8-16-13/h1-8,17H. The Morgan fingerprint density at radius 1 is 1.05 bits per heavy atom. The van der Waals surface area contributed by atoms with E-state index >= 15 is 0 Å². The average Bonchev–Trinajstić information content (AvgIpc) is 2.46. The van der Waals surface area contributed by atoms with Crippen molar-refractivity contribution >= 4 is 17.3 Å². The molecule has 0 saturated heterocycles. The summed E-state index contributed by atoms with van der Waals surface area (Å²) in [7, 11) is 0. The molecule has 1 heterocycles. The highest BCUT2D eigenvalue weighted by atomic mass is 16.1. The van der Waals surface area contributed by atoms with Gasteiger partial charge in [-0.25, -0.2) is 9.97 Å². The van der Waals surface area contributed by atoms with Crippen LogP contribution in [0.3, 0.4) is 0 Å². The maximum atomic E-state index is 12.2. The number of carbonyl (C=O) groups is 2. The zero-order valence-electron chi connectivity index (χ0n) is 9.83. The predicted octanol–water partition coefficient (Wildman–Crippen LogP) is 1.85. The van der Waals surface area contributed by atoms with Crippen LogP contribution in [0.15, 0.2) is 54.6 Å². The van der Waals surface area contributed by atoms with Crippen LogP contribution in [0.5, 0.6) is 0 Å². The van der Waals surface area contributed by atoms with Crippen LogP contribution in [0.1, 0.15) is 20.8 Å². The zero-order chi connectivity index (χ0) is 13.2. The highest BCUT2D eigenvalue weighted by Crippen LogP contribution is 2.20. The van der Waals surface area contributed by atoms with Gasteiger partial charge in [-0.3, -0.25) is 9.59 Å². The second-order valence-corrected chi connectivity index (χ2v) is 4.03. The lowest BCUT2D eigenvalue weighted by Gasteiger charge is -2.15. The topological polar surface area (TPSA) is 72.0 Å². The lowest BCUT2D eigenvalue weighted by atomic mass is 9.98. The quantitative estimate of drug-likeness (QED) is 0.881. The van der Waals surface area contributed by atoms with Crippen molar-refractivity contribution in [3.8, 4) is 0 Å². The number of Topliss-reactive ketones (excluding diaryl/α,β-unsaturated/α-hetero) is 1. The van der Waals surface area contributed by atoms with E-state index in [9.17, 15) is 9.59 Å². The fourth-order valence-corrected chi connectivity index (χ4v) is 1.86. The van der Waals surface area contributed by atoms with Gasteiger partial charge in [0, 0.05) is 18.0 Å². The van der Waals surface area contributed by atoms with Crippen LogP contribution < -0.4 is 5.32 Å². The normalized spacial score (nSPS) is 13.8. The minimum absolute atomic E-state index is 0.140. The molecule has 0 fully saturated rings. The van der Waals surface area contributed by atoms with E-state index < -0.39 is 0 Å². The summed E-state index contributed by atoms with van der Waals surface area (Å²) in [6, 6.07) is 9.18. The molecule has 2 aromatic rings. The fraction of sp³-hybridized carbons (Fsp3) is 0. The van der Waals surface area contributed by atoms with Crippen LogP contribution in [0, 0.1) is 0 Å². The highest BCUT2D eigenvalue weighted by Gasteiger charge is 2.27. The zero-order valence-corrected chi connectivity index (χ0v) is 9.83. The number of hydrogen-bond donors (Lipinski definition) is 1. The summed E-state index contributed by atoms with van der Waals surface area (Å²) in [6.45, 7) is 0. The number of hydrogen-bond acceptors (Lipinski definition) is 5. The molecule has 0 spiro atoms. The van der Waals surface area contributed by atoms with Gasteiger partial charge in [0.2, 0.25) is 5.78 Å². The van der Waals surface area contributed by atoms with Crippen LogP contribution in [0.2, 0.25) is 0 Å². The smallest absolute Gasteiger partial charge is 0.228 e. The maximum absolute atomic E-state index is 12.2. The van der Waals surface area contributed by atoms with Gasteiger partial charge in [-0.2, -0.15) is 0 Å². The number of nitrogens with zero attached hydrogens (tertiary/aromatic N) is 2. The highest BCUT2D eigenvalue weighted by molar-refractivity contribution is 6.24. The molecule has 1 N–H and O–H groups in total. The monoisotopic (exact) mass is 251 g/mol. The minimum Gasteiger partial charge on any atom is -0.352 e. The number of aromatic nitrogens is 2. The van der Waals surface area contributed by atoms with Crippen LogP contribution in [0.4, 0.5) is 5.69 Å². The molecule has 0 unspecified atom stereocenters. The van der Waals surface area contributed by atoms with E-state index in [2.05, 4.69) is 15.3 Å². The number of nitrogens with one attached hydrogen (secondary N) is 1. The van der Waals surface area contributed by atoms with Gasteiger partial charge in [0.1, 0.15) is 12.0 Å². The summed E-state index contributed by atoms with van der Waals surface area (Å²) in [5, 5.41) is 2.93. The van der Waals surface area contributed by atoms with Crippen molar-refractivity contribution in [1.29, 1.82) is 0 Å². The molecule has 0 radical (unpaired) electrons. The third-order valence-corrected chi connectivity index (χ3v) is 2.77. The first kappa shape index (κ1) is 11.3. The van der Waals surface area contributed by atoms with Gasteiger partial charge in [-0.05, 0) is 12.1 Å². The summed E-state index contributed by atoms with van der Waals surface area (Å²) in [4.78, 5) is 31.7. The van der Waals surface area contributed by atoms with Gasteiger partial charge in [0.05, 0.1) is 11.3 Å². The Kier molecular flexibility index (Phi) is 2.64. The van der Waals surface area contributed by atoms with Crippen molar-refractivity contribution in [2.24, 2.45) is 0 Å². The summed E-state index contributed by atoms with van der Waals surface area (Å²) >= 11 is 0. The molecule has 0 atom stereocenters. The van der Waals surface area contributed by atoms with Crippen molar-refractivity contribution < 1.29 is 9.59 Å². The van der Waals surface area contributed by atoms with E-state index in [0.717, 1.165) is 5.69 Å². The van der Waals surface area contributed by atoms with Gasteiger partial charge in [-0.1, -0.05) is 18.2 Å². The predicted molar refractivity (Wildman–Crippen MR) is 68.8 cm³/mol. The maximum Gasteiger partial charge on any atom is 0.228 e. The first-order valence-corrected chi connectivity index (χ1v) is 5.68. The molecular weight excluding hydrogens is 242 g/mol. The third kappa shape index (κ3) is 2.01. The van der Waals surface area contributed by atoms with E-state index in [1.807, 2.05) is 30.3 Å². The van der Waals surface area contributed by atoms with Gasteiger partial charge in [0.25, 0.3) is 0 Å². The molecule has 5 nitrogen and oxygen atoms in total. The lowest BCUT2D eigenvalue weighted by molar-refractivity contribution is 0.0981. The van der Waals surface area contributed by atoms with E-state index in [-0.39, 0.29) is 28.5 Å². The molecule has 0 saturated carbocycles. The minimum atomic E-state index is -0.305. The molecule has 1 aromatic heterocycles. The van der Waals surface area contributed by atoms with E-state index in [1.165, 1.54) is 18.6 Å². The molecule has 0 amide bonds. The first-order valence-electron chi connectivity index (χ1n) is 5.68. The Bertz CT molecular complexity index is 693. The molecule has 0 bridgehead atoms. The van der Waals surface area contributed by atoms with Gasteiger partial charge < -0.3 is 5.32 Å². The van der Waals surface area contributed by atoms with Crippen LogP contribution in [0.25, 0.3) is 0 Å². The third-order valence-electron chi connectivity index (χ3n) is 2.77. The van der Waals surface area contributed by atoms with Gasteiger partial charge >= 0.3 is 0 Å². The average molecular weight is 251 g/mol.